The molecule has 1 aromatic heterocycles. The summed E-state index contributed by atoms with van der Waals surface area (Å²) in [4.78, 5) is 33.8. The molecule has 1 spiro atoms. The summed E-state index contributed by atoms with van der Waals surface area (Å²) in [6, 6.07) is 21.6. The van der Waals surface area contributed by atoms with E-state index < -0.39 is 11.5 Å². The normalized spacial score (nSPS) is 19.2. The highest BCUT2D eigenvalue weighted by atomic mass is 16.2. The van der Waals surface area contributed by atoms with Crippen LogP contribution >= 0.6 is 0 Å². The van der Waals surface area contributed by atoms with Gasteiger partial charge < -0.3 is 10.2 Å². The number of pyridine rings is 1. The first kappa shape index (κ1) is 21.4. The molecule has 2 aliphatic rings. The smallest absolute Gasteiger partial charge is 0.254 e. The minimum atomic E-state index is -0.515. The van der Waals surface area contributed by atoms with Crippen molar-refractivity contribution in [2.24, 2.45) is 0 Å². The van der Waals surface area contributed by atoms with E-state index in [1.165, 1.54) is 0 Å². The number of carbonyl (C=O) groups excluding carboxylic acids is 2. The zero-order valence-electron chi connectivity index (χ0n) is 18.7. The summed E-state index contributed by atoms with van der Waals surface area (Å²) in [6.07, 6.45) is 8.36. The van der Waals surface area contributed by atoms with E-state index in [0.717, 1.165) is 48.8 Å². The third kappa shape index (κ3) is 4.04. The van der Waals surface area contributed by atoms with Gasteiger partial charge in [0.2, 0.25) is 5.91 Å². The number of aromatic nitrogens is 1. The average Bonchev–Trinajstić information content (AvgIpc) is 2.87. The Hall–Kier alpha value is -3.47. The number of fused-ring (bicyclic) bond motifs is 1. The average molecular weight is 440 g/mol. The SMILES string of the molecule is O=C(NCc1cccnc1)[C@H]1c2ccccc2C(=O)N(Cc2ccccc2)C12CCCCC2. The molecule has 2 heterocycles. The Morgan fingerprint density at radius 2 is 1.67 bits per heavy atom. The van der Waals surface area contributed by atoms with Crippen LogP contribution in [0.1, 0.15) is 65.1 Å². The number of nitrogens with zero attached hydrogens (tertiary/aromatic N) is 2. The monoisotopic (exact) mass is 439 g/mol. The predicted molar refractivity (Wildman–Crippen MR) is 127 cm³/mol. The molecule has 1 atom stereocenters. The third-order valence-electron chi connectivity index (χ3n) is 7.18. The molecule has 33 heavy (non-hydrogen) atoms. The first-order chi connectivity index (χ1) is 16.2. The van der Waals surface area contributed by atoms with Crippen molar-refractivity contribution in [3.05, 3.63) is 101 Å². The van der Waals surface area contributed by atoms with Gasteiger partial charge in [-0.25, -0.2) is 0 Å². The number of rotatable bonds is 5. The van der Waals surface area contributed by atoms with Gasteiger partial charge in [0.25, 0.3) is 5.91 Å². The lowest BCUT2D eigenvalue weighted by Gasteiger charge is -2.53. The molecule has 2 amide bonds. The fourth-order valence-electron chi connectivity index (χ4n) is 5.63. The molecule has 1 aliphatic carbocycles. The van der Waals surface area contributed by atoms with Gasteiger partial charge in [0.15, 0.2) is 0 Å². The first-order valence-electron chi connectivity index (χ1n) is 11.8. The summed E-state index contributed by atoms with van der Waals surface area (Å²) < 4.78 is 0. The van der Waals surface area contributed by atoms with Gasteiger partial charge in [-0.15, -0.1) is 0 Å². The lowest BCUT2D eigenvalue weighted by molar-refractivity contribution is -0.127. The molecule has 5 rings (SSSR count). The largest absolute Gasteiger partial charge is 0.351 e. The van der Waals surface area contributed by atoms with Crippen LogP contribution in [0.25, 0.3) is 0 Å². The van der Waals surface area contributed by atoms with Crippen LogP contribution in [0.4, 0.5) is 0 Å². The van der Waals surface area contributed by atoms with Crippen LogP contribution in [-0.2, 0) is 17.9 Å². The molecule has 168 valence electrons. The quantitative estimate of drug-likeness (QED) is 0.619. The van der Waals surface area contributed by atoms with Crippen LogP contribution in [0.3, 0.4) is 0 Å². The molecule has 2 aromatic carbocycles. The van der Waals surface area contributed by atoms with Crippen molar-refractivity contribution in [1.82, 2.24) is 15.2 Å². The summed E-state index contributed by atoms with van der Waals surface area (Å²) in [5.41, 5.74) is 3.04. The zero-order valence-corrected chi connectivity index (χ0v) is 18.7. The minimum Gasteiger partial charge on any atom is -0.351 e. The van der Waals surface area contributed by atoms with Crippen LogP contribution in [0.15, 0.2) is 79.1 Å². The minimum absolute atomic E-state index is 0.0150. The number of benzene rings is 2. The summed E-state index contributed by atoms with van der Waals surface area (Å²) in [7, 11) is 0. The van der Waals surface area contributed by atoms with Crippen LogP contribution < -0.4 is 5.32 Å². The van der Waals surface area contributed by atoms with E-state index in [4.69, 9.17) is 0 Å². The van der Waals surface area contributed by atoms with Gasteiger partial charge in [0.05, 0.1) is 11.5 Å². The highest BCUT2D eigenvalue weighted by molar-refractivity contribution is 6.02. The Morgan fingerprint density at radius 1 is 0.939 bits per heavy atom. The Balaban J connectivity index is 1.56. The van der Waals surface area contributed by atoms with Gasteiger partial charge in [0.1, 0.15) is 0 Å². The molecular weight excluding hydrogens is 410 g/mol. The fourth-order valence-corrected chi connectivity index (χ4v) is 5.63. The summed E-state index contributed by atoms with van der Waals surface area (Å²) >= 11 is 0. The Kier molecular flexibility index (Phi) is 5.95. The first-order valence-corrected chi connectivity index (χ1v) is 11.8. The molecule has 5 nitrogen and oxygen atoms in total. The van der Waals surface area contributed by atoms with Gasteiger partial charge >= 0.3 is 0 Å². The molecule has 1 aliphatic heterocycles. The Labute approximate surface area is 194 Å². The van der Waals surface area contributed by atoms with Crippen LogP contribution in [0.5, 0.6) is 0 Å². The molecule has 0 radical (unpaired) electrons. The highest BCUT2D eigenvalue weighted by Gasteiger charge is 2.54. The molecule has 1 saturated carbocycles. The maximum absolute atomic E-state index is 13.8. The number of nitrogens with one attached hydrogen (secondary N) is 1. The van der Waals surface area contributed by atoms with Crippen molar-refractivity contribution in [3.8, 4) is 0 Å². The molecule has 1 N–H and O–H groups in total. The van der Waals surface area contributed by atoms with Gasteiger partial charge in [-0.2, -0.15) is 0 Å². The second-order valence-corrected chi connectivity index (χ2v) is 9.14. The van der Waals surface area contributed by atoms with E-state index in [1.54, 1.807) is 12.4 Å². The molecule has 3 aromatic rings. The van der Waals surface area contributed by atoms with Crippen molar-refractivity contribution in [2.75, 3.05) is 0 Å². The van der Waals surface area contributed by atoms with E-state index in [2.05, 4.69) is 22.4 Å². The van der Waals surface area contributed by atoms with Gasteiger partial charge in [-0.1, -0.05) is 73.9 Å². The molecule has 0 unspecified atom stereocenters. The second kappa shape index (κ2) is 9.18. The standard InChI is InChI=1S/C28H29N3O2/c32-26(30-19-22-12-9-17-29-18-22)25-23-13-5-6-14-24(23)27(33)31(20-21-10-3-1-4-11-21)28(25)15-7-2-8-16-28/h1,3-6,9-14,17-18,25H,2,7-8,15-16,19-20H2,(H,30,32)/t25-/m1/s1. The summed E-state index contributed by atoms with van der Waals surface area (Å²) in [5, 5.41) is 3.16. The van der Waals surface area contributed by atoms with Crippen molar-refractivity contribution in [3.63, 3.8) is 0 Å². The molecule has 5 heteroatoms. The van der Waals surface area contributed by atoms with Crippen molar-refractivity contribution >= 4 is 11.8 Å². The lowest BCUT2D eigenvalue weighted by atomic mass is 9.65. The molecule has 0 saturated heterocycles. The third-order valence-corrected chi connectivity index (χ3v) is 7.18. The van der Waals surface area contributed by atoms with Crippen molar-refractivity contribution < 1.29 is 9.59 Å². The van der Waals surface area contributed by atoms with E-state index in [1.807, 2.05) is 59.5 Å². The number of carbonyl (C=O) groups is 2. The number of amides is 2. The molecular formula is C28H29N3O2. The predicted octanol–water partition coefficient (Wildman–Crippen LogP) is 4.84. The Bertz CT molecular complexity index is 1120. The lowest BCUT2D eigenvalue weighted by Crippen LogP contribution is -2.62. The van der Waals surface area contributed by atoms with Gasteiger partial charge in [-0.05, 0) is 41.7 Å². The molecule has 1 fully saturated rings. The van der Waals surface area contributed by atoms with Crippen LogP contribution in [0, 0.1) is 0 Å². The number of hydrogen-bond acceptors (Lipinski definition) is 3. The van der Waals surface area contributed by atoms with Crippen LogP contribution in [-0.4, -0.2) is 27.2 Å². The maximum Gasteiger partial charge on any atom is 0.254 e. The van der Waals surface area contributed by atoms with Gasteiger partial charge in [0, 0.05) is 31.0 Å². The zero-order chi connectivity index (χ0) is 22.7. The van der Waals surface area contributed by atoms with E-state index in [-0.39, 0.29) is 11.8 Å². The summed E-state index contributed by atoms with van der Waals surface area (Å²) in [6.45, 7) is 0.939. The van der Waals surface area contributed by atoms with E-state index in [9.17, 15) is 9.59 Å². The van der Waals surface area contributed by atoms with Gasteiger partial charge in [-0.3, -0.25) is 14.6 Å². The van der Waals surface area contributed by atoms with E-state index >= 15 is 0 Å². The fraction of sp³-hybridized carbons (Fsp3) is 0.321. The number of hydrogen-bond donors (Lipinski definition) is 1. The van der Waals surface area contributed by atoms with E-state index in [0.29, 0.717) is 18.7 Å². The molecule has 0 bridgehead atoms. The van der Waals surface area contributed by atoms with Crippen molar-refractivity contribution in [2.45, 2.75) is 56.7 Å². The summed E-state index contributed by atoms with van der Waals surface area (Å²) in [5.74, 6) is -0.376. The van der Waals surface area contributed by atoms with Crippen LogP contribution in [0.2, 0.25) is 0 Å². The maximum atomic E-state index is 13.8. The Morgan fingerprint density at radius 3 is 2.42 bits per heavy atom. The topological polar surface area (TPSA) is 62.3 Å². The highest BCUT2D eigenvalue weighted by Crippen LogP contribution is 2.49. The second-order valence-electron chi connectivity index (χ2n) is 9.14. The van der Waals surface area contributed by atoms with Crippen molar-refractivity contribution in [1.29, 1.82) is 0 Å².